The molecule has 10 heteroatoms. The summed E-state index contributed by atoms with van der Waals surface area (Å²) in [6.07, 6.45) is 0.819. The molecule has 202 valence electrons. The summed E-state index contributed by atoms with van der Waals surface area (Å²) in [4.78, 5) is 51.0. The Balaban J connectivity index is 1.66. The van der Waals surface area contributed by atoms with Crippen LogP contribution in [0, 0.1) is 0 Å². The van der Waals surface area contributed by atoms with Crippen LogP contribution in [0.15, 0.2) is 83.9 Å². The number of pyridine rings is 1. The van der Waals surface area contributed by atoms with Gasteiger partial charge in [-0.25, -0.2) is 14.4 Å². The number of esters is 1. The monoisotopic (exact) mass is 531 g/mol. The molecule has 1 atom stereocenters. The highest BCUT2D eigenvalue weighted by atomic mass is 16.6. The number of carbonyl (C=O) groups is 3. The van der Waals surface area contributed by atoms with Gasteiger partial charge in [-0.3, -0.25) is 19.2 Å². The zero-order valence-electron chi connectivity index (χ0n) is 21.8. The van der Waals surface area contributed by atoms with E-state index in [-0.39, 0.29) is 18.7 Å². The molecular formula is C29H29N3O7. The minimum atomic E-state index is -1.18. The Morgan fingerprint density at radius 3 is 2.36 bits per heavy atom. The van der Waals surface area contributed by atoms with Crippen molar-refractivity contribution in [3.8, 4) is 0 Å². The third-order valence-corrected chi connectivity index (χ3v) is 5.85. The number of aromatic nitrogens is 2. The highest BCUT2D eigenvalue weighted by Gasteiger charge is 2.30. The normalized spacial score (nSPS) is 12.1. The number of amides is 1. The van der Waals surface area contributed by atoms with Crippen molar-refractivity contribution in [2.45, 2.75) is 45.4 Å². The third-order valence-electron chi connectivity index (χ3n) is 5.85. The minimum absolute atomic E-state index is 0.0157. The average Bonchev–Trinajstić information content (AvgIpc) is 3.26. The maximum absolute atomic E-state index is 13.4. The highest BCUT2D eigenvalue weighted by Crippen LogP contribution is 2.27. The van der Waals surface area contributed by atoms with E-state index >= 15 is 0 Å². The number of anilines is 1. The molecule has 10 nitrogen and oxygen atoms in total. The van der Waals surface area contributed by atoms with Gasteiger partial charge in [0.15, 0.2) is 0 Å². The number of carboxylic acid groups (broad SMARTS) is 1. The van der Waals surface area contributed by atoms with Gasteiger partial charge >= 0.3 is 18.2 Å². The first-order valence-corrected chi connectivity index (χ1v) is 12.3. The third kappa shape index (κ3) is 6.53. The molecular weight excluding hydrogens is 502 g/mol. The van der Waals surface area contributed by atoms with E-state index in [4.69, 9.17) is 9.47 Å². The molecule has 0 saturated carbocycles. The quantitative estimate of drug-likeness (QED) is 0.314. The largest absolute Gasteiger partial charge is 0.464 e. The molecule has 4 aromatic rings. The van der Waals surface area contributed by atoms with Crippen LogP contribution in [-0.2, 0) is 27.3 Å². The molecule has 0 radical (unpaired) electrons. The lowest BCUT2D eigenvalue weighted by molar-refractivity contribution is -0.159. The van der Waals surface area contributed by atoms with Crippen molar-refractivity contribution in [3.63, 3.8) is 0 Å². The first-order chi connectivity index (χ1) is 18.5. The van der Waals surface area contributed by atoms with Crippen molar-refractivity contribution in [2.75, 3.05) is 5.32 Å². The smallest absolute Gasteiger partial charge is 0.416 e. The van der Waals surface area contributed by atoms with Crippen molar-refractivity contribution in [1.29, 1.82) is 0 Å². The summed E-state index contributed by atoms with van der Waals surface area (Å²) in [5.41, 5.74) is 0.196. The van der Waals surface area contributed by atoms with Gasteiger partial charge in [0.2, 0.25) is 0 Å². The number of nitrogens with zero attached hydrogens (tertiary/aromatic N) is 2. The summed E-state index contributed by atoms with van der Waals surface area (Å²) in [5, 5.41) is 12.7. The van der Waals surface area contributed by atoms with Crippen molar-refractivity contribution >= 4 is 34.7 Å². The fraction of sp³-hybridized carbons (Fsp3) is 0.241. The number of fused-ring (bicyclic) bond motifs is 1. The zero-order valence-corrected chi connectivity index (χ0v) is 21.8. The van der Waals surface area contributed by atoms with Crippen LogP contribution in [0.25, 0.3) is 10.9 Å². The predicted octanol–water partition coefficient (Wildman–Crippen LogP) is 5.20. The number of nitrogens with one attached hydrogen (secondary N) is 1. The van der Waals surface area contributed by atoms with Crippen LogP contribution in [0.3, 0.4) is 0 Å². The molecule has 0 aliphatic heterocycles. The summed E-state index contributed by atoms with van der Waals surface area (Å²) >= 11 is 0. The van der Waals surface area contributed by atoms with E-state index in [2.05, 4.69) is 5.32 Å². The molecule has 0 aliphatic rings. The van der Waals surface area contributed by atoms with Gasteiger partial charge in [0.25, 0.3) is 5.56 Å². The molecule has 39 heavy (non-hydrogen) atoms. The van der Waals surface area contributed by atoms with Crippen molar-refractivity contribution in [3.05, 3.63) is 101 Å². The molecule has 2 heterocycles. The number of carbonyl (C=O) groups excluding carboxylic acids is 2. The molecule has 0 saturated heterocycles. The number of hydrogen-bond acceptors (Lipinski definition) is 6. The summed E-state index contributed by atoms with van der Waals surface area (Å²) in [6, 6.07) is 17.7. The second kappa shape index (κ2) is 11.3. The van der Waals surface area contributed by atoms with Crippen molar-refractivity contribution < 1.29 is 29.0 Å². The average molecular weight is 532 g/mol. The van der Waals surface area contributed by atoms with Crippen LogP contribution in [0.2, 0.25) is 0 Å². The van der Waals surface area contributed by atoms with E-state index in [1.165, 1.54) is 29.1 Å². The number of hydrogen-bond donors (Lipinski definition) is 2. The van der Waals surface area contributed by atoms with Gasteiger partial charge in [-0.1, -0.05) is 48.5 Å². The predicted molar refractivity (Wildman–Crippen MR) is 145 cm³/mol. The standard InChI is InChI=1S/C29H29N3O7/c1-29(2,3)39-26(34)24(16-20-17-32(28(36)37)23-14-8-7-12-21(20)23)31-15-9-13-22(25(31)33)30-27(35)38-18-19-10-5-4-6-11-19/h4-15,17,24H,16,18H2,1-3H3,(H,30,35)(H,36,37). The maximum atomic E-state index is 13.4. The molecule has 0 aliphatic carbocycles. The SMILES string of the molecule is CC(C)(C)OC(=O)C(Cc1cn(C(=O)O)c2ccccc12)n1cccc(NC(=O)OCc2ccccc2)c1=O. The van der Waals surface area contributed by atoms with Crippen molar-refractivity contribution in [1.82, 2.24) is 9.13 Å². The van der Waals surface area contributed by atoms with E-state index < -0.39 is 35.4 Å². The summed E-state index contributed by atoms with van der Waals surface area (Å²) < 4.78 is 13.1. The molecule has 2 N–H and O–H groups in total. The van der Waals surface area contributed by atoms with Gasteiger partial charge in [0.05, 0.1) is 5.52 Å². The Morgan fingerprint density at radius 1 is 0.974 bits per heavy atom. The molecule has 4 rings (SSSR count). The molecule has 0 spiro atoms. The second-order valence-electron chi connectivity index (χ2n) is 9.90. The Bertz CT molecular complexity index is 1570. The maximum Gasteiger partial charge on any atom is 0.416 e. The van der Waals surface area contributed by atoms with Crippen LogP contribution in [0.5, 0.6) is 0 Å². The van der Waals surface area contributed by atoms with E-state index in [9.17, 15) is 24.3 Å². The van der Waals surface area contributed by atoms with E-state index in [0.717, 1.165) is 10.1 Å². The fourth-order valence-electron chi connectivity index (χ4n) is 4.16. The Morgan fingerprint density at radius 2 is 1.67 bits per heavy atom. The van der Waals surface area contributed by atoms with Crippen LogP contribution in [0.1, 0.15) is 37.9 Å². The molecule has 0 fully saturated rings. The molecule has 2 aromatic heterocycles. The Hall–Kier alpha value is -4.86. The molecule has 2 aromatic carbocycles. The number of benzene rings is 2. The minimum Gasteiger partial charge on any atom is -0.464 e. The van der Waals surface area contributed by atoms with Gasteiger partial charge < -0.3 is 14.6 Å². The number of para-hydroxylation sites is 1. The van der Waals surface area contributed by atoms with Crippen molar-refractivity contribution in [2.24, 2.45) is 0 Å². The van der Waals surface area contributed by atoms with E-state index in [0.29, 0.717) is 16.5 Å². The molecule has 1 amide bonds. The van der Waals surface area contributed by atoms with Gasteiger partial charge in [-0.05, 0) is 50.1 Å². The summed E-state index contributed by atoms with van der Waals surface area (Å²) in [7, 11) is 0. The number of ether oxygens (including phenoxy) is 2. The first-order valence-electron chi connectivity index (χ1n) is 12.3. The lowest BCUT2D eigenvalue weighted by Gasteiger charge is -2.25. The molecule has 1 unspecified atom stereocenters. The van der Waals surface area contributed by atoms with Gasteiger partial charge in [-0.15, -0.1) is 0 Å². The Labute approximate surface area is 224 Å². The van der Waals surface area contributed by atoms with E-state index in [1.807, 2.05) is 18.2 Å². The Kier molecular flexibility index (Phi) is 7.85. The molecule has 0 bridgehead atoms. The van der Waals surface area contributed by atoms with Gasteiger partial charge in [-0.2, -0.15) is 0 Å². The first kappa shape index (κ1) is 27.2. The van der Waals surface area contributed by atoms with Crippen LogP contribution >= 0.6 is 0 Å². The van der Waals surface area contributed by atoms with Gasteiger partial charge in [0, 0.05) is 24.2 Å². The fourth-order valence-corrected chi connectivity index (χ4v) is 4.16. The zero-order chi connectivity index (χ0) is 28.2. The van der Waals surface area contributed by atoms with Crippen LogP contribution in [0.4, 0.5) is 15.3 Å². The highest BCUT2D eigenvalue weighted by molar-refractivity contribution is 5.92. The summed E-state index contributed by atoms with van der Waals surface area (Å²) in [5.74, 6) is -0.680. The van der Waals surface area contributed by atoms with E-state index in [1.54, 1.807) is 57.2 Å². The van der Waals surface area contributed by atoms with Crippen LogP contribution in [-0.4, -0.2) is 38.0 Å². The lowest BCUT2D eigenvalue weighted by atomic mass is 10.0. The topological polar surface area (TPSA) is 129 Å². The van der Waals surface area contributed by atoms with Crippen LogP contribution < -0.4 is 10.9 Å². The lowest BCUT2D eigenvalue weighted by Crippen LogP contribution is -2.37. The second-order valence-corrected chi connectivity index (χ2v) is 9.90. The van der Waals surface area contributed by atoms with Gasteiger partial charge in [0.1, 0.15) is 23.9 Å². The summed E-state index contributed by atoms with van der Waals surface area (Å²) in [6.45, 7) is 5.15. The number of rotatable bonds is 7.